The summed E-state index contributed by atoms with van der Waals surface area (Å²) in [5.74, 6) is 1.26. The van der Waals surface area contributed by atoms with Crippen molar-refractivity contribution in [3.63, 3.8) is 0 Å². The number of anilines is 1. The van der Waals surface area contributed by atoms with Crippen LogP contribution in [0, 0.1) is 0 Å². The zero-order valence-electron chi connectivity index (χ0n) is 11.4. The topological polar surface area (TPSA) is 50.3 Å². The summed E-state index contributed by atoms with van der Waals surface area (Å²) >= 11 is 3.35. The molecule has 1 aromatic heterocycles. The van der Waals surface area contributed by atoms with Gasteiger partial charge in [0.25, 0.3) is 0 Å². The molecule has 0 aliphatic carbocycles. The summed E-state index contributed by atoms with van der Waals surface area (Å²) in [5.41, 5.74) is 0. The molecule has 0 saturated carbocycles. The minimum Gasteiger partial charge on any atom is -0.480 e. The van der Waals surface area contributed by atoms with Crippen LogP contribution < -0.4 is 15.0 Å². The fourth-order valence-electron chi connectivity index (χ4n) is 1.53. The molecule has 0 amide bonds. The minimum absolute atomic E-state index is 0.490. The maximum Gasteiger partial charge on any atom is 0.232 e. The highest BCUT2D eigenvalue weighted by molar-refractivity contribution is 9.10. The lowest BCUT2D eigenvalue weighted by Gasteiger charge is -2.22. The molecule has 0 saturated heterocycles. The molecule has 1 rings (SSSR count). The number of ether oxygens (including phenoxy) is 1. The molecule has 0 aliphatic heterocycles. The predicted octanol–water partition coefficient (Wildman–Crippen LogP) is 2.07. The van der Waals surface area contributed by atoms with E-state index < -0.39 is 0 Å². The Morgan fingerprint density at radius 3 is 2.78 bits per heavy atom. The highest BCUT2D eigenvalue weighted by Crippen LogP contribution is 2.23. The van der Waals surface area contributed by atoms with Gasteiger partial charge in [-0.25, -0.2) is 4.98 Å². The third-order valence-corrected chi connectivity index (χ3v) is 3.04. The van der Waals surface area contributed by atoms with Crippen LogP contribution in [0.4, 0.5) is 5.95 Å². The van der Waals surface area contributed by atoms with E-state index in [1.54, 1.807) is 13.3 Å². The Morgan fingerprint density at radius 2 is 2.22 bits per heavy atom. The second-order valence-electron chi connectivity index (χ2n) is 4.22. The molecule has 18 heavy (non-hydrogen) atoms. The molecule has 5 nitrogen and oxygen atoms in total. The quantitative estimate of drug-likeness (QED) is 0.834. The molecular formula is C12H21BrN4O. The highest BCUT2D eigenvalue weighted by Gasteiger charge is 2.11. The maximum absolute atomic E-state index is 5.18. The molecule has 6 heteroatoms. The molecule has 102 valence electrons. The third kappa shape index (κ3) is 4.42. The SMILES string of the molecule is CCN(CCNC(C)C)c1ncc(Br)c(OC)n1. The molecular weight excluding hydrogens is 296 g/mol. The number of aromatic nitrogens is 2. The standard InChI is InChI=1S/C12H21BrN4O/c1-5-17(7-6-14-9(2)3)12-15-8-10(13)11(16-12)18-4/h8-9,14H,5-7H2,1-4H3. The molecule has 0 spiro atoms. The van der Waals surface area contributed by atoms with Crippen molar-refractivity contribution >= 4 is 21.9 Å². The van der Waals surface area contributed by atoms with Crippen molar-refractivity contribution < 1.29 is 4.74 Å². The summed E-state index contributed by atoms with van der Waals surface area (Å²) in [6.45, 7) is 9.01. The van der Waals surface area contributed by atoms with Gasteiger partial charge in [-0.1, -0.05) is 13.8 Å². The second-order valence-corrected chi connectivity index (χ2v) is 5.07. The van der Waals surface area contributed by atoms with Gasteiger partial charge in [-0.2, -0.15) is 4.98 Å². The van der Waals surface area contributed by atoms with E-state index in [1.807, 2.05) is 0 Å². The number of methoxy groups -OCH3 is 1. The lowest BCUT2D eigenvalue weighted by atomic mass is 10.4. The van der Waals surface area contributed by atoms with Gasteiger partial charge < -0.3 is 15.0 Å². The van der Waals surface area contributed by atoms with E-state index in [4.69, 9.17) is 4.74 Å². The fraction of sp³-hybridized carbons (Fsp3) is 0.667. The lowest BCUT2D eigenvalue weighted by Crippen LogP contribution is -2.35. The van der Waals surface area contributed by atoms with Crippen LogP contribution in [0.3, 0.4) is 0 Å². The van der Waals surface area contributed by atoms with E-state index in [9.17, 15) is 0 Å². The van der Waals surface area contributed by atoms with Gasteiger partial charge in [-0.15, -0.1) is 0 Å². The number of halogens is 1. The van der Waals surface area contributed by atoms with Crippen molar-refractivity contribution in [2.45, 2.75) is 26.8 Å². The molecule has 0 radical (unpaired) electrons. The smallest absolute Gasteiger partial charge is 0.232 e. The number of likely N-dealkylation sites (N-methyl/N-ethyl adjacent to an activating group) is 1. The van der Waals surface area contributed by atoms with Gasteiger partial charge in [-0.3, -0.25) is 0 Å². The molecule has 0 unspecified atom stereocenters. The number of nitrogens with zero attached hydrogens (tertiary/aromatic N) is 3. The summed E-state index contributed by atoms with van der Waals surface area (Å²) in [4.78, 5) is 10.8. The largest absolute Gasteiger partial charge is 0.480 e. The first kappa shape index (κ1) is 15.2. The number of hydrogen-bond donors (Lipinski definition) is 1. The Kier molecular flexibility index (Phi) is 6.35. The normalized spacial score (nSPS) is 10.8. The summed E-state index contributed by atoms with van der Waals surface area (Å²) < 4.78 is 5.95. The Labute approximate surface area is 117 Å². The summed E-state index contributed by atoms with van der Waals surface area (Å²) in [5, 5.41) is 3.38. The van der Waals surface area contributed by atoms with Gasteiger partial charge in [0.15, 0.2) is 0 Å². The Hall–Kier alpha value is -0.880. The van der Waals surface area contributed by atoms with E-state index in [2.05, 4.69) is 56.9 Å². The summed E-state index contributed by atoms with van der Waals surface area (Å²) in [6.07, 6.45) is 1.72. The molecule has 0 fully saturated rings. The monoisotopic (exact) mass is 316 g/mol. The fourth-order valence-corrected chi connectivity index (χ4v) is 1.88. The van der Waals surface area contributed by atoms with Crippen LogP contribution in [0.5, 0.6) is 5.88 Å². The number of hydrogen-bond acceptors (Lipinski definition) is 5. The predicted molar refractivity (Wildman–Crippen MR) is 77.3 cm³/mol. The van der Waals surface area contributed by atoms with Gasteiger partial charge in [-0.05, 0) is 22.9 Å². The Balaban J connectivity index is 2.69. The van der Waals surface area contributed by atoms with Gasteiger partial charge in [0.1, 0.15) is 0 Å². The van der Waals surface area contributed by atoms with Crippen LogP contribution in [0.2, 0.25) is 0 Å². The average molecular weight is 317 g/mol. The average Bonchev–Trinajstić information content (AvgIpc) is 2.35. The first-order valence-corrected chi connectivity index (χ1v) is 6.92. The first-order chi connectivity index (χ1) is 8.58. The molecule has 0 atom stereocenters. The van der Waals surface area contributed by atoms with Crippen LogP contribution >= 0.6 is 15.9 Å². The second kappa shape index (κ2) is 7.53. The molecule has 1 aromatic rings. The highest BCUT2D eigenvalue weighted by atomic mass is 79.9. The summed E-state index contributed by atoms with van der Waals surface area (Å²) in [6, 6.07) is 0.490. The molecule has 1 heterocycles. The van der Waals surface area contributed by atoms with Crippen LogP contribution in [-0.4, -0.2) is 42.8 Å². The van der Waals surface area contributed by atoms with E-state index >= 15 is 0 Å². The zero-order valence-corrected chi connectivity index (χ0v) is 13.0. The number of nitrogens with one attached hydrogen (secondary N) is 1. The molecule has 1 N–H and O–H groups in total. The van der Waals surface area contributed by atoms with Crippen LogP contribution in [0.15, 0.2) is 10.7 Å². The minimum atomic E-state index is 0.490. The van der Waals surface area contributed by atoms with Crippen molar-refractivity contribution in [2.24, 2.45) is 0 Å². The van der Waals surface area contributed by atoms with Gasteiger partial charge >= 0.3 is 0 Å². The zero-order chi connectivity index (χ0) is 13.5. The summed E-state index contributed by atoms with van der Waals surface area (Å²) in [7, 11) is 1.60. The van der Waals surface area contributed by atoms with Gasteiger partial charge in [0.2, 0.25) is 11.8 Å². The lowest BCUT2D eigenvalue weighted by molar-refractivity contribution is 0.393. The van der Waals surface area contributed by atoms with E-state index in [0.717, 1.165) is 24.1 Å². The van der Waals surface area contributed by atoms with Crippen LogP contribution in [0.1, 0.15) is 20.8 Å². The van der Waals surface area contributed by atoms with Gasteiger partial charge in [0, 0.05) is 25.7 Å². The van der Waals surface area contributed by atoms with E-state index in [-0.39, 0.29) is 0 Å². The number of rotatable bonds is 7. The maximum atomic E-state index is 5.18. The van der Waals surface area contributed by atoms with Crippen molar-refractivity contribution in [3.05, 3.63) is 10.7 Å². The Morgan fingerprint density at radius 1 is 1.50 bits per heavy atom. The van der Waals surface area contributed by atoms with E-state index in [1.165, 1.54) is 0 Å². The van der Waals surface area contributed by atoms with Crippen LogP contribution in [-0.2, 0) is 0 Å². The van der Waals surface area contributed by atoms with Crippen molar-refractivity contribution in [1.29, 1.82) is 0 Å². The van der Waals surface area contributed by atoms with Crippen molar-refractivity contribution in [3.8, 4) is 5.88 Å². The molecule has 0 bridgehead atoms. The van der Waals surface area contributed by atoms with Gasteiger partial charge in [0.05, 0.1) is 17.8 Å². The van der Waals surface area contributed by atoms with Crippen molar-refractivity contribution in [1.82, 2.24) is 15.3 Å². The van der Waals surface area contributed by atoms with Crippen molar-refractivity contribution in [2.75, 3.05) is 31.6 Å². The molecule has 0 aromatic carbocycles. The van der Waals surface area contributed by atoms with Crippen LogP contribution in [0.25, 0.3) is 0 Å². The third-order valence-electron chi connectivity index (χ3n) is 2.49. The van der Waals surface area contributed by atoms with E-state index in [0.29, 0.717) is 17.9 Å². The molecule has 0 aliphatic rings. The Bertz CT molecular complexity index is 373. The first-order valence-electron chi connectivity index (χ1n) is 6.13.